The van der Waals surface area contributed by atoms with Crippen LogP contribution in [0.3, 0.4) is 0 Å². The quantitative estimate of drug-likeness (QED) is 0.774. The first-order valence-electron chi connectivity index (χ1n) is 5.54. The first-order chi connectivity index (χ1) is 7.58. The van der Waals surface area contributed by atoms with E-state index in [0.29, 0.717) is 0 Å². The molecule has 0 spiro atoms. The minimum atomic E-state index is 0.736. The van der Waals surface area contributed by atoms with Crippen molar-refractivity contribution in [2.45, 2.75) is 24.6 Å². The van der Waals surface area contributed by atoms with E-state index in [0.717, 1.165) is 27.6 Å². The zero-order valence-electron chi connectivity index (χ0n) is 9.58. The van der Waals surface area contributed by atoms with E-state index in [4.69, 9.17) is 0 Å². The summed E-state index contributed by atoms with van der Waals surface area (Å²) >= 11 is 7.24. The van der Waals surface area contributed by atoms with Gasteiger partial charge in [-0.3, -0.25) is 0 Å². The second kappa shape index (κ2) is 5.05. The Labute approximate surface area is 114 Å². The number of hydrogen-bond acceptors (Lipinski definition) is 2. The van der Waals surface area contributed by atoms with Gasteiger partial charge in [-0.15, -0.1) is 0 Å². The van der Waals surface area contributed by atoms with E-state index in [9.17, 15) is 0 Å². The molecule has 0 bridgehead atoms. The molecule has 1 saturated carbocycles. The van der Waals surface area contributed by atoms with Crippen molar-refractivity contribution in [1.82, 2.24) is 4.98 Å². The van der Waals surface area contributed by atoms with Crippen LogP contribution in [0.25, 0.3) is 0 Å². The Kier molecular flexibility index (Phi) is 3.90. The van der Waals surface area contributed by atoms with Crippen LogP contribution < -0.4 is 4.90 Å². The first-order valence-corrected chi connectivity index (χ1v) is 7.25. The third-order valence-corrected chi connectivity index (χ3v) is 4.86. The standard InChI is InChI=1S/C12H16Br2N2/c1-8-3-4-15-12(11(8)14)16(2)7-9-5-10(13)6-9/h3-4,9-10H,5-7H2,1-2H3. The summed E-state index contributed by atoms with van der Waals surface area (Å²) in [6.07, 6.45) is 4.45. The molecule has 2 rings (SSSR count). The first kappa shape index (κ1) is 12.4. The van der Waals surface area contributed by atoms with E-state index < -0.39 is 0 Å². The Bertz CT molecular complexity index is 375. The van der Waals surface area contributed by atoms with E-state index in [-0.39, 0.29) is 0 Å². The molecule has 0 atom stereocenters. The van der Waals surface area contributed by atoms with Gasteiger partial charge in [0.25, 0.3) is 0 Å². The normalized spacial score (nSPS) is 24.0. The van der Waals surface area contributed by atoms with E-state index in [2.05, 4.69) is 55.7 Å². The molecule has 16 heavy (non-hydrogen) atoms. The lowest BCUT2D eigenvalue weighted by Gasteiger charge is -2.35. The molecular formula is C12H16Br2N2. The third kappa shape index (κ3) is 2.59. The fraction of sp³-hybridized carbons (Fsp3) is 0.583. The van der Waals surface area contributed by atoms with Gasteiger partial charge in [-0.1, -0.05) is 15.9 Å². The SMILES string of the molecule is Cc1ccnc(N(C)CC2CC(Br)C2)c1Br. The number of alkyl halides is 1. The molecule has 1 fully saturated rings. The summed E-state index contributed by atoms with van der Waals surface area (Å²) in [6, 6.07) is 2.03. The molecule has 1 heterocycles. The highest BCUT2D eigenvalue weighted by molar-refractivity contribution is 9.10. The largest absolute Gasteiger partial charge is 0.358 e. The van der Waals surface area contributed by atoms with E-state index in [1.54, 1.807) is 0 Å². The van der Waals surface area contributed by atoms with Crippen LogP contribution >= 0.6 is 31.9 Å². The van der Waals surface area contributed by atoms with Gasteiger partial charge in [-0.2, -0.15) is 0 Å². The third-order valence-electron chi connectivity index (χ3n) is 3.14. The van der Waals surface area contributed by atoms with Crippen LogP contribution in [-0.4, -0.2) is 23.4 Å². The van der Waals surface area contributed by atoms with Gasteiger partial charge in [-0.25, -0.2) is 4.98 Å². The lowest BCUT2D eigenvalue weighted by molar-refractivity contribution is 0.338. The summed E-state index contributed by atoms with van der Waals surface area (Å²) in [5, 5.41) is 0. The Hall–Kier alpha value is -0.0900. The van der Waals surface area contributed by atoms with Crippen LogP contribution in [0.5, 0.6) is 0 Å². The van der Waals surface area contributed by atoms with Gasteiger partial charge in [0, 0.05) is 24.6 Å². The van der Waals surface area contributed by atoms with E-state index >= 15 is 0 Å². The van der Waals surface area contributed by atoms with Crippen molar-refractivity contribution in [2.75, 3.05) is 18.5 Å². The average molecular weight is 348 g/mol. The van der Waals surface area contributed by atoms with Crippen molar-refractivity contribution in [3.8, 4) is 0 Å². The highest BCUT2D eigenvalue weighted by atomic mass is 79.9. The van der Waals surface area contributed by atoms with Crippen molar-refractivity contribution in [2.24, 2.45) is 5.92 Å². The van der Waals surface area contributed by atoms with Gasteiger partial charge in [-0.05, 0) is 53.2 Å². The smallest absolute Gasteiger partial charge is 0.142 e. The monoisotopic (exact) mass is 346 g/mol. The summed E-state index contributed by atoms with van der Waals surface area (Å²) in [5.74, 6) is 1.86. The summed E-state index contributed by atoms with van der Waals surface area (Å²) in [7, 11) is 2.12. The molecular weight excluding hydrogens is 332 g/mol. The summed E-state index contributed by atoms with van der Waals surface area (Å²) in [6.45, 7) is 3.19. The maximum absolute atomic E-state index is 4.44. The minimum Gasteiger partial charge on any atom is -0.358 e. The number of aromatic nitrogens is 1. The predicted molar refractivity (Wildman–Crippen MR) is 75.4 cm³/mol. The van der Waals surface area contributed by atoms with Crippen molar-refractivity contribution in [3.63, 3.8) is 0 Å². The van der Waals surface area contributed by atoms with Crippen LogP contribution in [0.4, 0.5) is 5.82 Å². The minimum absolute atomic E-state index is 0.736. The van der Waals surface area contributed by atoms with E-state index in [1.165, 1.54) is 18.4 Å². The number of anilines is 1. The van der Waals surface area contributed by atoms with Crippen LogP contribution in [0.15, 0.2) is 16.7 Å². The molecule has 1 aromatic rings. The second-order valence-electron chi connectivity index (χ2n) is 4.58. The number of nitrogens with zero attached hydrogens (tertiary/aromatic N) is 2. The Morgan fingerprint density at radius 3 is 2.81 bits per heavy atom. The molecule has 0 aromatic carbocycles. The van der Waals surface area contributed by atoms with Gasteiger partial charge in [0.15, 0.2) is 0 Å². The summed E-state index contributed by atoms with van der Waals surface area (Å²) in [5.41, 5.74) is 1.24. The highest BCUT2D eigenvalue weighted by Crippen LogP contribution is 2.35. The van der Waals surface area contributed by atoms with Crippen LogP contribution in [0.2, 0.25) is 0 Å². The fourth-order valence-corrected chi connectivity index (χ4v) is 3.66. The number of halogens is 2. The molecule has 88 valence electrons. The second-order valence-corrected chi connectivity index (χ2v) is 6.67. The molecule has 0 amide bonds. The molecule has 0 saturated heterocycles. The molecule has 2 nitrogen and oxygen atoms in total. The predicted octanol–water partition coefficient (Wildman–Crippen LogP) is 3.76. The lowest BCUT2D eigenvalue weighted by atomic mass is 9.85. The molecule has 0 aliphatic heterocycles. The topological polar surface area (TPSA) is 16.1 Å². The summed E-state index contributed by atoms with van der Waals surface area (Å²) in [4.78, 5) is 7.42. The van der Waals surface area contributed by atoms with Crippen LogP contribution in [-0.2, 0) is 0 Å². The zero-order chi connectivity index (χ0) is 11.7. The maximum atomic E-state index is 4.44. The average Bonchev–Trinajstić information content (AvgIpc) is 2.19. The molecule has 0 unspecified atom stereocenters. The van der Waals surface area contributed by atoms with Gasteiger partial charge in [0.05, 0.1) is 4.47 Å². The molecule has 1 aromatic heterocycles. The highest BCUT2D eigenvalue weighted by Gasteiger charge is 2.28. The maximum Gasteiger partial charge on any atom is 0.142 e. The van der Waals surface area contributed by atoms with Crippen LogP contribution in [0, 0.1) is 12.8 Å². The Morgan fingerprint density at radius 1 is 1.50 bits per heavy atom. The van der Waals surface area contributed by atoms with Crippen molar-refractivity contribution < 1.29 is 0 Å². The number of rotatable bonds is 3. The molecule has 0 N–H and O–H groups in total. The fourth-order valence-electron chi connectivity index (χ4n) is 2.07. The van der Waals surface area contributed by atoms with Gasteiger partial charge < -0.3 is 4.90 Å². The Balaban J connectivity index is 2.03. The number of pyridine rings is 1. The zero-order valence-corrected chi connectivity index (χ0v) is 12.8. The van der Waals surface area contributed by atoms with Crippen molar-refractivity contribution in [1.29, 1.82) is 0 Å². The lowest BCUT2D eigenvalue weighted by Crippen LogP contribution is -2.35. The summed E-state index contributed by atoms with van der Waals surface area (Å²) < 4.78 is 1.12. The molecule has 1 aliphatic carbocycles. The molecule has 0 radical (unpaired) electrons. The van der Waals surface area contributed by atoms with Crippen molar-refractivity contribution >= 4 is 37.7 Å². The molecule has 4 heteroatoms. The van der Waals surface area contributed by atoms with Gasteiger partial charge >= 0.3 is 0 Å². The Morgan fingerprint density at radius 2 is 2.19 bits per heavy atom. The number of hydrogen-bond donors (Lipinski definition) is 0. The van der Waals surface area contributed by atoms with Crippen molar-refractivity contribution in [3.05, 3.63) is 22.3 Å². The van der Waals surface area contributed by atoms with Gasteiger partial charge in [0.2, 0.25) is 0 Å². The van der Waals surface area contributed by atoms with Crippen LogP contribution in [0.1, 0.15) is 18.4 Å². The molecule has 1 aliphatic rings. The van der Waals surface area contributed by atoms with E-state index in [1.807, 2.05) is 12.3 Å². The van der Waals surface area contributed by atoms with Gasteiger partial charge in [0.1, 0.15) is 5.82 Å². The number of aryl methyl sites for hydroxylation is 1.